The molecule has 0 amide bonds. The first kappa shape index (κ1) is 7.55. The highest BCUT2D eigenvalue weighted by Gasteiger charge is 2.32. The molecule has 1 aliphatic carbocycles. The van der Waals surface area contributed by atoms with Crippen LogP contribution in [-0.4, -0.2) is 16.8 Å². The molecule has 0 spiro atoms. The number of rotatable bonds is 2. The Kier molecular flexibility index (Phi) is 1.73. The van der Waals surface area contributed by atoms with Crippen LogP contribution in [0, 0.1) is 5.92 Å². The van der Waals surface area contributed by atoms with E-state index in [-0.39, 0.29) is 17.7 Å². The predicted octanol–water partition coefficient (Wildman–Crippen LogP) is 0.935. The van der Waals surface area contributed by atoms with Crippen LogP contribution < -0.4 is 5.73 Å². The van der Waals surface area contributed by atoms with Gasteiger partial charge in [-0.3, -0.25) is 4.79 Å². The second kappa shape index (κ2) is 2.75. The molecule has 0 unspecified atom stereocenters. The van der Waals surface area contributed by atoms with E-state index >= 15 is 0 Å². The summed E-state index contributed by atoms with van der Waals surface area (Å²) in [7, 11) is 0. The lowest BCUT2D eigenvalue weighted by Crippen LogP contribution is -2.40. The number of nitrogens with two attached hydrogens (primary N) is 1. The Bertz CT molecular complexity index is 273. The molecule has 0 radical (unpaired) electrons. The summed E-state index contributed by atoms with van der Waals surface area (Å²) in [6.45, 7) is 0. The standard InChI is InChI=1S/C9H12N2O/c10-7-4-6(5-7)9(12)8-2-1-3-11-8/h1-3,6-7,11H,4-5,10H2. The van der Waals surface area contributed by atoms with Gasteiger partial charge in [-0.1, -0.05) is 0 Å². The quantitative estimate of drug-likeness (QED) is 0.639. The van der Waals surface area contributed by atoms with E-state index in [1.165, 1.54) is 0 Å². The lowest BCUT2D eigenvalue weighted by molar-refractivity contribution is 0.0828. The van der Waals surface area contributed by atoms with Crippen LogP contribution in [-0.2, 0) is 0 Å². The number of H-pyrrole nitrogens is 1. The van der Waals surface area contributed by atoms with Crippen molar-refractivity contribution in [3.8, 4) is 0 Å². The minimum absolute atomic E-state index is 0.165. The van der Waals surface area contributed by atoms with E-state index in [0.29, 0.717) is 5.69 Å². The van der Waals surface area contributed by atoms with Gasteiger partial charge in [0, 0.05) is 18.2 Å². The largest absolute Gasteiger partial charge is 0.359 e. The van der Waals surface area contributed by atoms with Gasteiger partial charge in [0.2, 0.25) is 0 Å². The normalized spacial score (nSPS) is 28.1. The number of carbonyl (C=O) groups is 1. The number of ketones is 1. The minimum atomic E-state index is 0.165. The zero-order valence-corrected chi connectivity index (χ0v) is 6.79. The molecule has 1 aromatic heterocycles. The van der Waals surface area contributed by atoms with Crippen molar-refractivity contribution in [3.63, 3.8) is 0 Å². The summed E-state index contributed by atoms with van der Waals surface area (Å²) in [5.74, 6) is 0.375. The van der Waals surface area contributed by atoms with E-state index in [4.69, 9.17) is 5.73 Å². The molecule has 12 heavy (non-hydrogen) atoms. The Morgan fingerprint density at radius 1 is 1.58 bits per heavy atom. The number of aromatic amines is 1. The van der Waals surface area contributed by atoms with Crippen molar-refractivity contribution < 1.29 is 4.79 Å². The minimum Gasteiger partial charge on any atom is -0.359 e. The van der Waals surface area contributed by atoms with E-state index in [2.05, 4.69) is 4.98 Å². The van der Waals surface area contributed by atoms with Crippen molar-refractivity contribution in [2.75, 3.05) is 0 Å². The summed E-state index contributed by atoms with van der Waals surface area (Å²) in [6.07, 6.45) is 3.46. The average Bonchev–Trinajstić information content (AvgIpc) is 2.49. The second-order valence-electron chi connectivity index (χ2n) is 3.38. The van der Waals surface area contributed by atoms with Gasteiger partial charge in [-0.05, 0) is 25.0 Å². The van der Waals surface area contributed by atoms with Crippen molar-refractivity contribution in [3.05, 3.63) is 24.0 Å². The first-order valence-electron chi connectivity index (χ1n) is 4.20. The molecule has 1 aliphatic rings. The topological polar surface area (TPSA) is 58.9 Å². The Balaban J connectivity index is 2.03. The number of aromatic nitrogens is 1. The molecule has 64 valence electrons. The molecular formula is C9H12N2O. The molecule has 1 saturated carbocycles. The van der Waals surface area contributed by atoms with Gasteiger partial charge in [0.1, 0.15) is 0 Å². The van der Waals surface area contributed by atoms with Gasteiger partial charge in [-0.15, -0.1) is 0 Å². The monoisotopic (exact) mass is 164 g/mol. The van der Waals surface area contributed by atoms with Crippen molar-refractivity contribution in [2.45, 2.75) is 18.9 Å². The van der Waals surface area contributed by atoms with Gasteiger partial charge < -0.3 is 10.7 Å². The molecule has 0 bridgehead atoms. The van der Waals surface area contributed by atoms with E-state index in [9.17, 15) is 4.79 Å². The van der Waals surface area contributed by atoms with E-state index in [0.717, 1.165) is 12.8 Å². The number of carbonyl (C=O) groups excluding carboxylic acids is 1. The van der Waals surface area contributed by atoms with Crippen molar-refractivity contribution in [1.29, 1.82) is 0 Å². The summed E-state index contributed by atoms with van der Waals surface area (Å²) in [6, 6.07) is 3.90. The zero-order valence-electron chi connectivity index (χ0n) is 6.79. The number of hydrogen-bond acceptors (Lipinski definition) is 2. The van der Waals surface area contributed by atoms with Gasteiger partial charge in [0.15, 0.2) is 5.78 Å². The van der Waals surface area contributed by atoms with Gasteiger partial charge in [0.05, 0.1) is 5.69 Å². The first-order valence-corrected chi connectivity index (χ1v) is 4.20. The lowest BCUT2D eigenvalue weighted by Gasteiger charge is -2.30. The Morgan fingerprint density at radius 2 is 2.33 bits per heavy atom. The van der Waals surface area contributed by atoms with Gasteiger partial charge in [-0.25, -0.2) is 0 Å². The van der Waals surface area contributed by atoms with Gasteiger partial charge in [-0.2, -0.15) is 0 Å². The van der Waals surface area contributed by atoms with Gasteiger partial charge >= 0.3 is 0 Å². The van der Waals surface area contributed by atoms with Crippen LogP contribution in [0.3, 0.4) is 0 Å². The van der Waals surface area contributed by atoms with E-state index < -0.39 is 0 Å². The highest BCUT2D eigenvalue weighted by atomic mass is 16.1. The Hall–Kier alpha value is -1.09. The molecule has 1 heterocycles. The molecule has 0 aliphatic heterocycles. The summed E-state index contributed by atoms with van der Waals surface area (Å²) >= 11 is 0. The molecule has 3 heteroatoms. The fourth-order valence-electron chi connectivity index (χ4n) is 1.58. The maximum atomic E-state index is 11.5. The molecule has 2 rings (SSSR count). The molecule has 0 aromatic carbocycles. The van der Waals surface area contributed by atoms with Crippen molar-refractivity contribution in [1.82, 2.24) is 4.98 Å². The Morgan fingerprint density at radius 3 is 2.83 bits per heavy atom. The maximum absolute atomic E-state index is 11.5. The third-order valence-electron chi connectivity index (χ3n) is 2.41. The number of hydrogen-bond donors (Lipinski definition) is 2. The predicted molar refractivity (Wildman–Crippen MR) is 45.8 cm³/mol. The van der Waals surface area contributed by atoms with Crippen LogP contribution >= 0.6 is 0 Å². The smallest absolute Gasteiger partial charge is 0.182 e. The molecule has 0 saturated heterocycles. The molecular weight excluding hydrogens is 152 g/mol. The lowest BCUT2D eigenvalue weighted by atomic mass is 9.77. The summed E-state index contributed by atoms with van der Waals surface area (Å²) < 4.78 is 0. The molecule has 1 aromatic rings. The molecule has 3 nitrogen and oxygen atoms in total. The van der Waals surface area contributed by atoms with Crippen LogP contribution in [0.1, 0.15) is 23.3 Å². The zero-order chi connectivity index (χ0) is 8.55. The SMILES string of the molecule is NC1CC(C(=O)c2ccc[nH]2)C1. The van der Waals surface area contributed by atoms with Crippen LogP contribution in [0.15, 0.2) is 18.3 Å². The third-order valence-corrected chi connectivity index (χ3v) is 2.41. The molecule has 0 atom stereocenters. The molecule has 3 N–H and O–H groups in total. The summed E-state index contributed by atoms with van der Waals surface area (Å²) in [5, 5.41) is 0. The second-order valence-corrected chi connectivity index (χ2v) is 3.38. The van der Waals surface area contributed by atoms with Crippen molar-refractivity contribution >= 4 is 5.78 Å². The van der Waals surface area contributed by atoms with Crippen molar-refractivity contribution in [2.24, 2.45) is 11.7 Å². The van der Waals surface area contributed by atoms with Crippen LogP contribution in [0.4, 0.5) is 0 Å². The summed E-state index contributed by atoms with van der Waals surface area (Å²) in [5.41, 5.74) is 6.31. The van der Waals surface area contributed by atoms with Crippen LogP contribution in [0.5, 0.6) is 0 Å². The third kappa shape index (κ3) is 1.16. The Labute approximate surface area is 71.0 Å². The molecule has 1 fully saturated rings. The van der Waals surface area contributed by atoms with E-state index in [1.807, 2.05) is 12.1 Å². The maximum Gasteiger partial charge on any atom is 0.182 e. The van der Waals surface area contributed by atoms with E-state index in [1.54, 1.807) is 6.20 Å². The summed E-state index contributed by atoms with van der Waals surface area (Å²) in [4.78, 5) is 14.5. The number of Topliss-reactive ketones (excluding diaryl/α,β-unsaturated/α-hetero) is 1. The number of nitrogens with one attached hydrogen (secondary N) is 1. The van der Waals surface area contributed by atoms with Crippen LogP contribution in [0.25, 0.3) is 0 Å². The fourth-order valence-corrected chi connectivity index (χ4v) is 1.58. The fraction of sp³-hybridized carbons (Fsp3) is 0.444. The highest BCUT2D eigenvalue weighted by Crippen LogP contribution is 2.28. The van der Waals surface area contributed by atoms with Crippen LogP contribution in [0.2, 0.25) is 0 Å². The van der Waals surface area contributed by atoms with Gasteiger partial charge in [0.25, 0.3) is 0 Å². The highest BCUT2D eigenvalue weighted by molar-refractivity contribution is 5.96. The first-order chi connectivity index (χ1) is 5.77. The average molecular weight is 164 g/mol.